The van der Waals surface area contributed by atoms with Crippen LogP contribution in [0.3, 0.4) is 0 Å². The number of ether oxygens (including phenoxy) is 1. The molecule has 0 aliphatic heterocycles. The molecule has 23 heavy (non-hydrogen) atoms. The van der Waals surface area contributed by atoms with Crippen molar-refractivity contribution in [2.24, 2.45) is 7.05 Å². The van der Waals surface area contributed by atoms with Crippen molar-refractivity contribution < 1.29 is 9.53 Å². The predicted molar refractivity (Wildman–Crippen MR) is 91.9 cm³/mol. The smallest absolute Gasteiger partial charge is 0.407 e. The lowest BCUT2D eigenvalue weighted by molar-refractivity contribution is 0.139. The molecule has 1 amide bonds. The number of carbonyl (C=O) groups excluding carboxylic acids is 1. The van der Waals surface area contributed by atoms with Crippen LogP contribution < -0.4 is 5.32 Å². The number of pyridine rings is 1. The lowest BCUT2D eigenvalue weighted by Crippen LogP contribution is -2.24. The first-order valence-corrected chi connectivity index (χ1v) is 7.98. The highest BCUT2D eigenvalue weighted by atomic mass is 79.9. The molecule has 5 nitrogen and oxygen atoms in total. The summed E-state index contributed by atoms with van der Waals surface area (Å²) in [5.74, 6) is 0. The van der Waals surface area contributed by atoms with E-state index in [1.807, 2.05) is 60.3 Å². The van der Waals surface area contributed by atoms with Gasteiger partial charge >= 0.3 is 6.09 Å². The van der Waals surface area contributed by atoms with E-state index in [2.05, 4.69) is 26.2 Å². The van der Waals surface area contributed by atoms with Crippen LogP contribution in [0.5, 0.6) is 0 Å². The second kappa shape index (κ2) is 6.83. The molecule has 0 saturated carbocycles. The van der Waals surface area contributed by atoms with Crippen molar-refractivity contribution in [3.8, 4) is 0 Å². The van der Waals surface area contributed by atoms with Crippen molar-refractivity contribution in [3.05, 3.63) is 64.4 Å². The van der Waals surface area contributed by atoms with Crippen LogP contribution >= 0.6 is 15.9 Å². The second-order valence-electron chi connectivity index (χ2n) is 5.16. The van der Waals surface area contributed by atoms with E-state index in [1.165, 1.54) is 0 Å². The monoisotopic (exact) mass is 373 g/mol. The molecule has 1 N–H and O–H groups in total. The molecule has 3 rings (SSSR count). The van der Waals surface area contributed by atoms with Crippen LogP contribution in [0.2, 0.25) is 0 Å². The number of aryl methyl sites for hydroxylation is 1. The van der Waals surface area contributed by atoms with Gasteiger partial charge in [-0.1, -0.05) is 30.3 Å². The number of nitrogens with one attached hydrogen (secondary N) is 1. The lowest BCUT2D eigenvalue weighted by atomic mass is 10.2. The Labute approximate surface area is 142 Å². The third kappa shape index (κ3) is 3.71. The largest absolute Gasteiger partial charge is 0.445 e. The lowest BCUT2D eigenvalue weighted by Gasteiger charge is -2.08. The van der Waals surface area contributed by atoms with E-state index in [-0.39, 0.29) is 6.61 Å². The maximum absolute atomic E-state index is 11.8. The van der Waals surface area contributed by atoms with E-state index in [9.17, 15) is 4.79 Å². The van der Waals surface area contributed by atoms with Gasteiger partial charge in [0.1, 0.15) is 6.61 Å². The molecule has 2 aromatic heterocycles. The summed E-state index contributed by atoms with van der Waals surface area (Å²) in [7, 11) is 1.97. The third-order valence-electron chi connectivity index (χ3n) is 3.51. The average Bonchev–Trinajstić information content (AvgIpc) is 2.92. The van der Waals surface area contributed by atoms with Gasteiger partial charge < -0.3 is 14.6 Å². The fraction of sp³-hybridized carbons (Fsp3) is 0.176. The van der Waals surface area contributed by atoms with Gasteiger partial charge in [0.25, 0.3) is 0 Å². The molecular weight excluding hydrogens is 358 g/mol. The summed E-state index contributed by atoms with van der Waals surface area (Å²) in [6.45, 7) is 0.554. The molecule has 0 aliphatic carbocycles. The molecule has 118 valence electrons. The summed E-state index contributed by atoms with van der Waals surface area (Å²) in [4.78, 5) is 16.3. The molecule has 2 heterocycles. The molecule has 0 saturated heterocycles. The first kappa shape index (κ1) is 15.6. The Morgan fingerprint density at radius 1 is 1.30 bits per heavy atom. The van der Waals surface area contributed by atoms with Gasteiger partial charge in [0.05, 0.1) is 23.3 Å². The van der Waals surface area contributed by atoms with Gasteiger partial charge in [-0.15, -0.1) is 0 Å². The SMILES string of the molecule is Cn1ccc2nc(CNC(=O)OCc3ccccc3)c(Br)cc21. The van der Waals surface area contributed by atoms with Crippen LogP contribution in [-0.4, -0.2) is 15.6 Å². The van der Waals surface area contributed by atoms with Gasteiger partial charge in [0, 0.05) is 17.7 Å². The quantitative estimate of drug-likeness (QED) is 0.757. The number of nitrogens with zero attached hydrogens (tertiary/aromatic N) is 2. The molecule has 1 aromatic carbocycles. The van der Waals surface area contributed by atoms with Crippen LogP contribution in [0.1, 0.15) is 11.3 Å². The Morgan fingerprint density at radius 3 is 2.87 bits per heavy atom. The molecule has 0 aliphatic rings. The number of hydrogen-bond acceptors (Lipinski definition) is 3. The van der Waals surface area contributed by atoms with Crippen LogP contribution in [0.15, 0.2) is 53.1 Å². The zero-order valence-corrected chi connectivity index (χ0v) is 14.2. The minimum absolute atomic E-state index is 0.249. The number of benzene rings is 1. The van der Waals surface area contributed by atoms with E-state index in [1.54, 1.807) is 0 Å². The number of amides is 1. The normalized spacial score (nSPS) is 10.7. The second-order valence-corrected chi connectivity index (χ2v) is 6.02. The van der Waals surface area contributed by atoms with Gasteiger partial charge in [-0.3, -0.25) is 0 Å². The van der Waals surface area contributed by atoms with E-state index in [0.29, 0.717) is 6.54 Å². The Hall–Kier alpha value is -2.34. The first-order chi connectivity index (χ1) is 11.1. The Balaban J connectivity index is 1.59. The number of carbonyl (C=O) groups is 1. The van der Waals surface area contributed by atoms with Crippen molar-refractivity contribution >= 4 is 33.1 Å². The van der Waals surface area contributed by atoms with Crippen molar-refractivity contribution in [3.63, 3.8) is 0 Å². The molecule has 0 radical (unpaired) electrons. The molecule has 0 bridgehead atoms. The fourth-order valence-corrected chi connectivity index (χ4v) is 2.70. The highest BCUT2D eigenvalue weighted by Gasteiger charge is 2.09. The van der Waals surface area contributed by atoms with Crippen molar-refractivity contribution in [1.82, 2.24) is 14.9 Å². The number of rotatable bonds is 4. The number of aromatic nitrogens is 2. The molecule has 0 spiro atoms. The van der Waals surface area contributed by atoms with E-state index in [0.717, 1.165) is 26.8 Å². The zero-order valence-electron chi connectivity index (χ0n) is 12.6. The minimum atomic E-state index is -0.462. The molecule has 0 fully saturated rings. The van der Waals surface area contributed by atoms with Crippen molar-refractivity contribution in [2.45, 2.75) is 13.2 Å². The van der Waals surface area contributed by atoms with Gasteiger partial charge in [-0.2, -0.15) is 0 Å². The van der Waals surface area contributed by atoms with Crippen LogP contribution in [0, 0.1) is 0 Å². The summed E-state index contributed by atoms with van der Waals surface area (Å²) >= 11 is 3.49. The summed E-state index contributed by atoms with van der Waals surface area (Å²) in [6, 6.07) is 13.5. The number of alkyl carbamates (subject to hydrolysis) is 1. The first-order valence-electron chi connectivity index (χ1n) is 7.18. The van der Waals surface area contributed by atoms with Gasteiger partial charge in [0.15, 0.2) is 0 Å². The standard InChI is InChI=1S/C17H16BrN3O2/c1-21-8-7-14-16(21)9-13(18)15(20-14)10-19-17(22)23-11-12-5-3-2-4-6-12/h2-9H,10-11H2,1H3,(H,19,22). The van der Waals surface area contributed by atoms with Gasteiger partial charge in [0.2, 0.25) is 0 Å². The number of fused-ring (bicyclic) bond motifs is 1. The summed E-state index contributed by atoms with van der Waals surface area (Å²) in [5, 5.41) is 2.72. The molecular formula is C17H16BrN3O2. The van der Waals surface area contributed by atoms with Crippen LogP contribution in [0.25, 0.3) is 11.0 Å². The predicted octanol–water partition coefficient (Wildman–Crippen LogP) is 3.76. The molecule has 0 unspecified atom stereocenters. The summed E-state index contributed by atoms with van der Waals surface area (Å²) in [5.41, 5.74) is 3.64. The topological polar surface area (TPSA) is 56.2 Å². The summed E-state index contributed by atoms with van der Waals surface area (Å²) in [6.07, 6.45) is 1.49. The fourth-order valence-electron chi connectivity index (χ4n) is 2.26. The van der Waals surface area contributed by atoms with Crippen molar-refractivity contribution in [2.75, 3.05) is 0 Å². The Bertz CT molecular complexity index is 830. The number of halogens is 1. The van der Waals surface area contributed by atoms with Gasteiger partial charge in [-0.25, -0.2) is 9.78 Å². The van der Waals surface area contributed by atoms with Crippen molar-refractivity contribution in [1.29, 1.82) is 0 Å². The third-order valence-corrected chi connectivity index (χ3v) is 4.19. The number of hydrogen-bond donors (Lipinski definition) is 1. The highest BCUT2D eigenvalue weighted by molar-refractivity contribution is 9.10. The minimum Gasteiger partial charge on any atom is -0.445 e. The highest BCUT2D eigenvalue weighted by Crippen LogP contribution is 2.21. The summed E-state index contributed by atoms with van der Waals surface area (Å²) < 4.78 is 8.04. The maximum Gasteiger partial charge on any atom is 0.407 e. The van der Waals surface area contributed by atoms with E-state index >= 15 is 0 Å². The molecule has 3 aromatic rings. The van der Waals surface area contributed by atoms with Gasteiger partial charge in [-0.05, 0) is 33.6 Å². The van der Waals surface area contributed by atoms with E-state index < -0.39 is 6.09 Å². The van der Waals surface area contributed by atoms with Crippen LogP contribution in [-0.2, 0) is 24.9 Å². The molecule has 0 atom stereocenters. The zero-order chi connectivity index (χ0) is 16.2. The maximum atomic E-state index is 11.8. The Morgan fingerprint density at radius 2 is 2.09 bits per heavy atom. The molecule has 6 heteroatoms. The Kier molecular flexibility index (Phi) is 4.62. The van der Waals surface area contributed by atoms with Crippen LogP contribution in [0.4, 0.5) is 4.79 Å². The van der Waals surface area contributed by atoms with E-state index in [4.69, 9.17) is 4.74 Å². The average molecular weight is 374 g/mol.